The zero-order chi connectivity index (χ0) is 17.2. The Morgan fingerprint density at radius 2 is 1.67 bits per heavy atom. The zero-order valence-electron chi connectivity index (χ0n) is 13.1. The Morgan fingerprint density at radius 1 is 1.00 bits per heavy atom. The van der Waals surface area contributed by atoms with E-state index in [1.165, 1.54) is 0 Å². The van der Waals surface area contributed by atoms with Gasteiger partial charge >= 0.3 is 5.97 Å². The highest BCUT2D eigenvalue weighted by molar-refractivity contribution is 6.34. The van der Waals surface area contributed by atoms with Crippen LogP contribution in [0.4, 0.5) is 0 Å². The Morgan fingerprint density at radius 3 is 2.29 bits per heavy atom. The van der Waals surface area contributed by atoms with Crippen molar-refractivity contribution in [3.63, 3.8) is 0 Å². The number of benzene rings is 2. The summed E-state index contributed by atoms with van der Waals surface area (Å²) in [5.41, 5.74) is 0.951. The Balaban J connectivity index is 1.91. The quantitative estimate of drug-likeness (QED) is 0.877. The van der Waals surface area contributed by atoms with Gasteiger partial charge in [0.25, 0.3) is 5.91 Å². The molecule has 1 fully saturated rings. The lowest BCUT2D eigenvalue weighted by Gasteiger charge is -2.25. The first-order valence-electron chi connectivity index (χ1n) is 7.93. The second-order valence-electron chi connectivity index (χ2n) is 6.11. The molecule has 1 aliphatic carbocycles. The number of amides is 1. The maximum Gasteiger partial charge on any atom is 0.329 e. The van der Waals surface area contributed by atoms with Gasteiger partial charge < -0.3 is 10.4 Å². The summed E-state index contributed by atoms with van der Waals surface area (Å²) < 4.78 is 0. The molecule has 2 aromatic rings. The van der Waals surface area contributed by atoms with Gasteiger partial charge in [-0.3, -0.25) is 4.79 Å². The maximum atomic E-state index is 12.7. The Bertz CT molecular complexity index is 767. The largest absolute Gasteiger partial charge is 0.480 e. The van der Waals surface area contributed by atoms with Crippen molar-refractivity contribution < 1.29 is 14.7 Å². The SMILES string of the molecule is O=C(NC1(C(=O)O)CCCC1)c1cc(-c2ccccc2)ccc1Cl. The Labute approximate surface area is 145 Å². The van der Waals surface area contributed by atoms with Gasteiger partial charge in [-0.1, -0.05) is 60.8 Å². The molecule has 0 saturated heterocycles. The van der Waals surface area contributed by atoms with Gasteiger partial charge in [-0.25, -0.2) is 4.79 Å². The van der Waals surface area contributed by atoms with E-state index in [9.17, 15) is 14.7 Å². The highest BCUT2D eigenvalue weighted by atomic mass is 35.5. The molecule has 2 aromatic carbocycles. The minimum absolute atomic E-state index is 0.297. The molecule has 2 N–H and O–H groups in total. The third-order valence-electron chi connectivity index (χ3n) is 4.54. The molecular formula is C19H18ClNO3. The van der Waals surface area contributed by atoms with Crippen LogP contribution in [0.2, 0.25) is 5.02 Å². The second kappa shape index (κ2) is 6.65. The number of hydrogen-bond acceptors (Lipinski definition) is 2. The van der Waals surface area contributed by atoms with E-state index < -0.39 is 17.4 Å². The predicted octanol–water partition coefficient (Wildman–Crippen LogP) is 4.13. The fourth-order valence-electron chi connectivity index (χ4n) is 3.16. The summed E-state index contributed by atoms with van der Waals surface area (Å²) in [7, 11) is 0. The minimum Gasteiger partial charge on any atom is -0.480 e. The number of carboxylic acids is 1. The summed E-state index contributed by atoms with van der Waals surface area (Å²) in [5.74, 6) is -1.43. The van der Waals surface area contributed by atoms with E-state index in [0.717, 1.165) is 24.0 Å². The Kier molecular flexibility index (Phi) is 4.58. The summed E-state index contributed by atoms with van der Waals surface area (Å²) >= 11 is 6.18. The number of carbonyl (C=O) groups excluding carboxylic acids is 1. The molecule has 24 heavy (non-hydrogen) atoms. The average Bonchev–Trinajstić information content (AvgIpc) is 3.06. The molecule has 0 heterocycles. The van der Waals surface area contributed by atoms with Crippen LogP contribution in [-0.4, -0.2) is 22.5 Å². The van der Waals surface area contributed by atoms with E-state index in [1.54, 1.807) is 12.1 Å². The monoisotopic (exact) mass is 343 g/mol. The molecule has 0 atom stereocenters. The molecule has 0 spiro atoms. The first kappa shape index (κ1) is 16.5. The number of halogens is 1. The van der Waals surface area contributed by atoms with Crippen LogP contribution in [0, 0.1) is 0 Å². The topological polar surface area (TPSA) is 66.4 Å². The number of nitrogens with one attached hydrogen (secondary N) is 1. The predicted molar refractivity (Wildman–Crippen MR) is 93.2 cm³/mol. The fraction of sp³-hybridized carbons (Fsp3) is 0.263. The molecule has 0 aromatic heterocycles. The molecule has 1 saturated carbocycles. The van der Waals surface area contributed by atoms with Gasteiger partial charge in [-0.15, -0.1) is 0 Å². The number of hydrogen-bond donors (Lipinski definition) is 2. The standard InChI is InChI=1S/C19H18ClNO3/c20-16-9-8-14(13-6-2-1-3-7-13)12-15(16)17(22)21-19(18(23)24)10-4-5-11-19/h1-3,6-9,12H,4-5,10-11H2,(H,21,22)(H,23,24). The van der Waals surface area contributed by atoms with E-state index in [2.05, 4.69) is 5.32 Å². The van der Waals surface area contributed by atoms with Crippen molar-refractivity contribution in [2.45, 2.75) is 31.2 Å². The molecule has 0 unspecified atom stereocenters. The molecule has 3 rings (SSSR count). The molecular weight excluding hydrogens is 326 g/mol. The highest BCUT2D eigenvalue weighted by Crippen LogP contribution is 2.31. The van der Waals surface area contributed by atoms with Gasteiger partial charge in [0.15, 0.2) is 0 Å². The van der Waals surface area contributed by atoms with Crippen LogP contribution >= 0.6 is 11.6 Å². The first-order valence-corrected chi connectivity index (χ1v) is 8.30. The van der Waals surface area contributed by atoms with Crippen LogP contribution in [0.1, 0.15) is 36.0 Å². The van der Waals surface area contributed by atoms with Crippen molar-refractivity contribution in [3.05, 3.63) is 59.1 Å². The lowest BCUT2D eigenvalue weighted by atomic mass is 9.96. The molecule has 1 aliphatic rings. The third-order valence-corrected chi connectivity index (χ3v) is 4.87. The number of carboxylic acid groups (broad SMARTS) is 1. The van der Waals surface area contributed by atoms with Crippen molar-refractivity contribution in [1.82, 2.24) is 5.32 Å². The minimum atomic E-state index is -1.18. The van der Waals surface area contributed by atoms with Crippen molar-refractivity contribution >= 4 is 23.5 Å². The fourth-order valence-corrected chi connectivity index (χ4v) is 3.37. The lowest BCUT2D eigenvalue weighted by molar-refractivity contribution is -0.144. The van der Waals surface area contributed by atoms with Gasteiger partial charge in [0.2, 0.25) is 0 Å². The molecule has 5 heteroatoms. The summed E-state index contributed by atoms with van der Waals surface area (Å²) in [4.78, 5) is 24.3. The lowest BCUT2D eigenvalue weighted by Crippen LogP contribution is -2.52. The van der Waals surface area contributed by atoms with Crippen molar-refractivity contribution in [2.75, 3.05) is 0 Å². The van der Waals surface area contributed by atoms with E-state index in [0.29, 0.717) is 23.4 Å². The molecule has 0 aliphatic heterocycles. The van der Waals surface area contributed by atoms with Crippen LogP contribution in [0.15, 0.2) is 48.5 Å². The third kappa shape index (κ3) is 3.15. The first-order chi connectivity index (χ1) is 11.5. The van der Waals surface area contributed by atoms with Crippen LogP contribution in [-0.2, 0) is 4.79 Å². The van der Waals surface area contributed by atoms with E-state index in [4.69, 9.17) is 11.6 Å². The summed E-state index contributed by atoms with van der Waals surface area (Å²) in [6.45, 7) is 0. The average molecular weight is 344 g/mol. The normalized spacial score (nSPS) is 15.9. The summed E-state index contributed by atoms with van der Waals surface area (Å²) in [6, 6.07) is 14.9. The number of rotatable bonds is 4. The number of aliphatic carboxylic acids is 1. The van der Waals surface area contributed by atoms with Gasteiger partial charge in [0, 0.05) is 0 Å². The zero-order valence-corrected chi connectivity index (χ0v) is 13.8. The summed E-state index contributed by atoms with van der Waals surface area (Å²) in [6.07, 6.45) is 2.49. The smallest absolute Gasteiger partial charge is 0.329 e. The molecule has 4 nitrogen and oxygen atoms in total. The van der Waals surface area contributed by atoms with E-state index >= 15 is 0 Å². The molecule has 1 amide bonds. The van der Waals surface area contributed by atoms with Gasteiger partial charge in [0.1, 0.15) is 5.54 Å². The van der Waals surface area contributed by atoms with Crippen LogP contribution < -0.4 is 5.32 Å². The second-order valence-corrected chi connectivity index (χ2v) is 6.52. The van der Waals surface area contributed by atoms with E-state index in [-0.39, 0.29) is 0 Å². The maximum absolute atomic E-state index is 12.7. The van der Waals surface area contributed by atoms with Crippen LogP contribution in [0.5, 0.6) is 0 Å². The van der Waals surface area contributed by atoms with Crippen LogP contribution in [0.25, 0.3) is 11.1 Å². The number of carbonyl (C=O) groups is 2. The van der Waals surface area contributed by atoms with Crippen molar-refractivity contribution in [1.29, 1.82) is 0 Å². The molecule has 0 bridgehead atoms. The van der Waals surface area contributed by atoms with Crippen molar-refractivity contribution in [3.8, 4) is 11.1 Å². The molecule has 0 radical (unpaired) electrons. The van der Waals surface area contributed by atoms with Crippen LogP contribution in [0.3, 0.4) is 0 Å². The van der Waals surface area contributed by atoms with Gasteiger partial charge in [-0.2, -0.15) is 0 Å². The van der Waals surface area contributed by atoms with Gasteiger partial charge in [-0.05, 0) is 36.1 Å². The highest BCUT2D eigenvalue weighted by Gasteiger charge is 2.42. The van der Waals surface area contributed by atoms with E-state index in [1.807, 2.05) is 36.4 Å². The molecule has 124 valence electrons. The summed E-state index contributed by atoms with van der Waals surface area (Å²) in [5, 5.41) is 12.5. The van der Waals surface area contributed by atoms with Gasteiger partial charge in [0.05, 0.1) is 10.6 Å². The van der Waals surface area contributed by atoms with Crippen molar-refractivity contribution in [2.24, 2.45) is 0 Å². The Hall–Kier alpha value is -2.33.